The molecular formula is C34H57N5O5. The highest BCUT2D eigenvalue weighted by Gasteiger charge is 2.42. The van der Waals surface area contributed by atoms with Crippen LogP contribution in [-0.2, 0) is 29.3 Å². The van der Waals surface area contributed by atoms with Crippen LogP contribution in [0.3, 0.4) is 0 Å². The summed E-state index contributed by atoms with van der Waals surface area (Å²) < 4.78 is 4.94. The number of likely N-dealkylation sites (tertiary alicyclic amines) is 1. The van der Waals surface area contributed by atoms with Crippen LogP contribution < -0.4 is 10.6 Å². The Bertz CT molecular complexity index is 1120. The Morgan fingerprint density at radius 1 is 1.00 bits per heavy atom. The zero-order valence-corrected chi connectivity index (χ0v) is 28.9. The van der Waals surface area contributed by atoms with Crippen molar-refractivity contribution >= 4 is 23.7 Å². The van der Waals surface area contributed by atoms with E-state index in [1.54, 1.807) is 23.9 Å². The van der Waals surface area contributed by atoms with Crippen LogP contribution in [0.2, 0.25) is 0 Å². The lowest BCUT2D eigenvalue weighted by molar-refractivity contribution is -0.155. The molecule has 3 amide bonds. The van der Waals surface area contributed by atoms with E-state index >= 15 is 0 Å². The molecule has 1 aliphatic heterocycles. The van der Waals surface area contributed by atoms with Gasteiger partial charge in [0.25, 0.3) is 0 Å². The molecule has 0 saturated carbocycles. The fourth-order valence-electron chi connectivity index (χ4n) is 6.19. The van der Waals surface area contributed by atoms with Gasteiger partial charge < -0.3 is 25.2 Å². The third kappa shape index (κ3) is 9.27. The van der Waals surface area contributed by atoms with Gasteiger partial charge >= 0.3 is 5.97 Å². The number of ether oxygens (including phenoxy) is 1. The lowest BCUT2D eigenvalue weighted by Gasteiger charge is -2.41. The summed E-state index contributed by atoms with van der Waals surface area (Å²) >= 11 is 0. The zero-order chi connectivity index (χ0) is 33.4. The van der Waals surface area contributed by atoms with Crippen molar-refractivity contribution in [2.75, 3.05) is 47.9 Å². The summed E-state index contributed by atoms with van der Waals surface area (Å²) in [5, 5.41) is 6.28. The van der Waals surface area contributed by atoms with Gasteiger partial charge in [0.1, 0.15) is 12.1 Å². The molecule has 1 heterocycles. The van der Waals surface area contributed by atoms with Gasteiger partial charge in [0.05, 0.1) is 19.7 Å². The molecule has 2 N–H and O–H groups in total. The number of hydrogen-bond donors (Lipinski definition) is 2. The summed E-state index contributed by atoms with van der Waals surface area (Å²) in [4.78, 5) is 58.8. The van der Waals surface area contributed by atoms with E-state index in [0.717, 1.165) is 18.4 Å². The molecule has 0 aliphatic carbocycles. The summed E-state index contributed by atoms with van der Waals surface area (Å²) in [7, 11) is 6.74. The Balaban J connectivity index is 2.21. The SMILES string of the molecule is CNC(C(=O)NC(C(=O)N(C)C(CN(C)CC(=O)N1CCCC[C@H]1C(=O)OC)C(C)C)C(C)(C)C)C(C)(C)c1ccccc1. The molecule has 2 rings (SSSR count). The molecule has 1 saturated heterocycles. The first-order valence-corrected chi connectivity index (χ1v) is 15.8. The minimum Gasteiger partial charge on any atom is -0.467 e. The van der Waals surface area contributed by atoms with E-state index in [-0.39, 0.29) is 42.2 Å². The summed E-state index contributed by atoms with van der Waals surface area (Å²) in [6.07, 6.45) is 2.34. The molecule has 1 aromatic carbocycles. The van der Waals surface area contributed by atoms with Gasteiger partial charge in [-0.3, -0.25) is 19.3 Å². The van der Waals surface area contributed by atoms with E-state index in [9.17, 15) is 19.2 Å². The number of carbonyl (C=O) groups is 4. The van der Waals surface area contributed by atoms with Crippen LogP contribution >= 0.6 is 0 Å². The molecule has 1 fully saturated rings. The molecule has 1 aromatic rings. The Morgan fingerprint density at radius 2 is 1.61 bits per heavy atom. The topological polar surface area (TPSA) is 111 Å². The molecule has 1 aliphatic rings. The maximum Gasteiger partial charge on any atom is 0.328 e. The third-order valence-electron chi connectivity index (χ3n) is 9.00. The first-order chi connectivity index (χ1) is 20.5. The average Bonchev–Trinajstić information content (AvgIpc) is 2.97. The van der Waals surface area contributed by atoms with Crippen LogP contribution in [0.1, 0.15) is 73.3 Å². The number of likely N-dealkylation sites (N-methyl/N-ethyl adjacent to an activating group) is 3. The molecule has 0 spiro atoms. The number of nitrogens with one attached hydrogen (secondary N) is 2. The minimum absolute atomic E-state index is 0.0812. The van der Waals surface area contributed by atoms with Gasteiger partial charge in [-0.25, -0.2) is 4.79 Å². The molecule has 44 heavy (non-hydrogen) atoms. The van der Waals surface area contributed by atoms with E-state index in [0.29, 0.717) is 19.5 Å². The molecule has 10 heteroatoms. The van der Waals surface area contributed by atoms with E-state index in [1.807, 2.05) is 90.7 Å². The molecule has 3 unspecified atom stereocenters. The van der Waals surface area contributed by atoms with Crippen molar-refractivity contribution in [3.05, 3.63) is 35.9 Å². The maximum absolute atomic E-state index is 14.1. The molecule has 0 aromatic heterocycles. The number of piperidine rings is 1. The van der Waals surface area contributed by atoms with Gasteiger partial charge in [0, 0.05) is 31.6 Å². The predicted octanol–water partition coefficient (Wildman–Crippen LogP) is 3.05. The second kappa shape index (κ2) is 15.8. The Kier molecular flexibility index (Phi) is 13.4. The van der Waals surface area contributed by atoms with Gasteiger partial charge in [-0.2, -0.15) is 0 Å². The number of esters is 1. The molecule has 248 valence electrons. The van der Waals surface area contributed by atoms with Gasteiger partial charge in [-0.1, -0.05) is 78.8 Å². The van der Waals surface area contributed by atoms with Crippen LogP contribution in [0.5, 0.6) is 0 Å². The van der Waals surface area contributed by atoms with Gasteiger partial charge in [0.2, 0.25) is 17.7 Å². The maximum atomic E-state index is 14.1. The number of nitrogens with zero attached hydrogens (tertiary/aromatic N) is 3. The number of benzene rings is 1. The Labute approximate surface area is 265 Å². The highest BCUT2D eigenvalue weighted by atomic mass is 16.5. The van der Waals surface area contributed by atoms with Crippen molar-refractivity contribution in [1.29, 1.82) is 0 Å². The summed E-state index contributed by atoms with van der Waals surface area (Å²) in [6, 6.07) is 7.76. The number of hydrogen-bond acceptors (Lipinski definition) is 7. The number of methoxy groups -OCH3 is 1. The first kappa shape index (κ1) is 37.2. The van der Waals surface area contributed by atoms with Crippen molar-refractivity contribution in [1.82, 2.24) is 25.3 Å². The van der Waals surface area contributed by atoms with Crippen molar-refractivity contribution in [2.24, 2.45) is 11.3 Å². The Hall–Kier alpha value is -2.98. The number of amides is 3. The standard InChI is InChI=1S/C34H57N5O5/c1-23(2)26(21-37(9)22-27(40)39-20-16-15-19-25(39)32(43)44-11)38(10)31(42)29(33(3,4)5)36-30(41)28(35-8)34(6,7)24-17-13-12-14-18-24/h12-14,17-18,23,25-26,28-29,35H,15-16,19-22H2,1-11H3,(H,36,41)/t25-,26?,28?,29?/m0/s1. The summed E-state index contributed by atoms with van der Waals surface area (Å²) in [6.45, 7) is 15.1. The van der Waals surface area contributed by atoms with Crippen LogP contribution in [0, 0.1) is 11.3 Å². The van der Waals surface area contributed by atoms with Crippen LogP contribution in [0.25, 0.3) is 0 Å². The average molecular weight is 616 g/mol. The van der Waals surface area contributed by atoms with Gasteiger partial charge in [0.15, 0.2) is 0 Å². The monoisotopic (exact) mass is 615 g/mol. The quantitative estimate of drug-likeness (QED) is 0.328. The predicted molar refractivity (Wildman–Crippen MR) is 174 cm³/mol. The molecular weight excluding hydrogens is 558 g/mol. The van der Waals surface area contributed by atoms with E-state index in [2.05, 4.69) is 10.6 Å². The summed E-state index contributed by atoms with van der Waals surface area (Å²) in [5.41, 5.74) is -0.0734. The molecule has 0 bridgehead atoms. The highest BCUT2D eigenvalue weighted by molar-refractivity contribution is 5.91. The van der Waals surface area contributed by atoms with E-state index in [1.165, 1.54) is 7.11 Å². The Morgan fingerprint density at radius 3 is 2.14 bits per heavy atom. The number of rotatable bonds is 13. The zero-order valence-electron chi connectivity index (χ0n) is 28.9. The van der Waals surface area contributed by atoms with Gasteiger partial charge in [-0.05, 0) is 50.3 Å². The van der Waals surface area contributed by atoms with Gasteiger partial charge in [-0.15, -0.1) is 0 Å². The fourth-order valence-corrected chi connectivity index (χ4v) is 6.19. The lowest BCUT2D eigenvalue weighted by Crippen LogP contribution is -2.62. The van der Waals surface area contributed by atoms with E-state index < -0.39 is 29.0 Å². The smallest absolute Gasteiger partial charge is 0.328 e. The van der Waals surface area contributed by atoms with Crippen molar-refractivity contribution < 1.29 is 23.9 Å². The third-order valence-corrected chi connectivity index (χ3v) is 9.00. The van der Waals surface area contributed by atoms with Crippen molar-refractivity contribution in [3.63, 3.8) is 0 Å². The largest absolute Gasteiger partial charge is 0.467 e. The number of carbonyl (C=O) groups excluding carboxylic acids is 4. The van der Waals surface area contributed by atoms with Crippen molar-refractivity contribution in [3.8, 4) is 0 Å². The van der Waals surface area contributed by atoms with Crippen molar-refractivity contribution in [2.45, 2.75) is 97.3 Å². The molecule has 10 nitrogen and oxygen atoms in total. The lowest BCUT2D eigenvalue weighted by atomic mass is 9.76. The van der Waals surface area contributed by atoms with Crippen LogP contribution in [0.15, 0.2) is 30.3 Å². The normalized spacial score (nSPS) is 18.0. The second-order valence-corrected chi connectivity index (χ2v) is 14.2. The highest BCUT2D eigenvalue weighted by Crippen LogP contribution is 2.29. The van der Waals surface area contributed by atoms with Crippen LogP contribution in [-0.4, -0.2) is 110 Å². The summed E-state index contributed by atoms with van der Waals surface area (Å²) in [5.74, 6) is -0.850. The second-order valence-electron chi connectivity index (χ2n) is 14.2. The van der Waals surface area contributed by atoms with Crippen LogP contribution in [0.4, 0.5) is 0 Å². The molecule has 4 atom stereocenters. The first-order valence-electron chi connectivity index (χ1n) is 15.8. The molecule has 0 radical (unpaired) electrons. The fraction of sp³-hybridized carbons (Fsp3) is 0.706. The van der Waals surface area contributed by atoms with E-state index in [4.69, 9.17) is 4.74 Å². The minimum atomic E-state index is -0.773.